The first-order valence-corrected chi connectivity index (χ1v) is 10.8. The molecular weight excluding hydrogens is 398 g/mol. The molecule has 0 spiro atoms. The van der Waals surface area contributed by atoms with Crippen LogP contribution in [0.25, 0.3) is 11.0 Å². The zero-order chi connectivity index (χ0) is 20.6. The van der Waals surface area contributed by atoms with E-state index in [9.17, 15) is 18.0 Å². The van der Waals surface area contributed by atoms with E-state index >= 15 is 0 Å². The van der Waals surface area contributed by atoms with E-state index in [0.717, 1.165) is 56.3 Å². The van der Waals surface area contributed by atoms with Crippen molar-refractivity contribution >= 4 is 31.5 Å². The van der Waals surface area contributed by atoms with Crippen molar-refractivity contribution < 1.29 is 18.0 Å². The molecule has 0 radical (unpaired) electrons. The van der Waals surface area contributed by atoms with Crippen LogP contribution in [0.15, 0.2) is 42.5 Å². The third-order valence-corrected chi connectivity index (χ3v) is 6.78. The van der Waals surface area contributed by atoms with Crippen LogP contribution in [0.2, 0.25) is 0 Å². The Hall–Kier alpha value is -2.40. The van der Waals surface area contributed by atoms with Gasteiger partial charge in [0.2, 0.25) is 5.95 Å². The lowest BCUT2D eigenvalue weighted by atomic mass is 10.1. The molecule has 1 aliphatic heterocycles. The Morgan fingerprint density at radius 3 is 2.76 bits per heavy atom. The molecule has 152 valence electrons. The number of aromatic nitrogens is 2. The highest BCUT2D eigenvalue weighted by Gasteiger charge is 2.31. The van der Waals surface area contributed by atoms with Gasteiger partial charge in [-0.2, -0.15) is 13.2 Å². The van der Waals surface area contributed by atoms with E-state index in [-0.39, 0.29) is 11.3 Å². The van der Waals surface area contributed by atoms with Gasteiger partial charge in [0.05, 0.1) is 22.4 Å². The topological polar surface area (TPSA) is 46.9 Å². The lowest BCUT2D eigenvalue weighted by Crippen LogP contribution is -2.19. The number of carbonyl (C=O) groups is 1. The summed E-state index contributed by atoms with van der Waals surface area (Å²) in [5.41, 5.74) is 1.89. The highest BCUT2D eigenvalue weighted by Crippen LogP contribution is 2.43. The van der Waals surface area contributed by atoms with Crippen LogP contribution in [0.5, 0.6) is 0 Å². The summed E-state index contributed by atoms with van der Waals surface area (Å²) in [7, 11) is 0.721. The highest BCUT2D eigenvalue weighted by molar-refractivity contribution is 7.38. The van der Waals surface area contributed by atoms with Crippen LogP contribution in [0.3, 0.4) is 0 Å². The van der Waals surface area contributed by atoms with Gasteiger partial charge in [0.25, 0.3) is 5.91 Å². The van der Waals surface area contributed by atoms with Gasteiger partial charge in [0.1, 0.15) is 0 Å². The van der Waals surface area contributed by atoms with Gasteiger partial charge < -0.3 is 4.57 Å². The number of hydrogen-bond acceptors (Lipinski definition) is 2. The molecule has 1 aromatic heterocycles. The molecule has 4 rings (SSSR count). The van der Waals surface area contributed by atoms with Crippen molar-refractivity contribution in [3.8, 4) is 0 Å². The first-order valence-electron chi connectivity index (χ1n) is 9.53. The summed E-state index contributed by atoms with van der Waals surface area (Å²) in [6.07, 6.45) is -0.0393. The predicted molar refractivity (Wildman–Crippen MR) is 110 cm³/mol. The minimum Gasteiger partial charge on any atom is -0.303 e. The maximum absolute atomic E-state index is 13.0. The van der Waals surface area contributed by atoms with Gasteiger partial charge in [-0.3, -0.25) is 10.1 Å². The van der Waals surface area contributed by atoms with Crippen LogP contribution in [-0.2, 0) is 6.18 Å². The van der Waals surface area contributed by atoms with Crippen LogP contribution in [-0.4, -0.2) is 21.6 Å². The summed E-state index contributed by atoms with van der Waals surface area (Å²) in [6.45, 7) is 1.97. The number of rotatable bonds is 3. The fourth-order valence-corrected chi connectivity index (χ4v) is 5.32. The van der Waals surface area contributed by atoms with Gasteiger partial charge in [-0.25, -0.2) is 4.98 Å². The van der Waals surface area contributed by atoms with Crippen LogP contribution < -0.4 is 5.32 Å². The molecule has 0 aliphatic carbocycles. The number of benzene rings is 2. The number of nitrogens with zero attached hydrogens (tertiary/aromatic N) is 2. The van der Waals surface area contributed by atoms with Crippen molar-refractivity contribution in [1.82, 2.24) is 9.55 Å². The smallest absolute Gasteiger partial charge is 0.303 e. The first kappa shape index (κ1) is 19.9. The minimum atomic E-state index is -4.50. The van der Waals surface area contributed by atoms with E-state index < -0.39 is 17.6 Å². The zero-order valence-corrected chi connectivity index (χ0v) is 16.9. The number of fused-ring (bicyclic) bond motifs is 1. The number of hydrogen-bond donors (Lipinski definition) is 1. The fraction of sp³-hybridized carbons (Fsp3) is 0.333. The van der Waals surface area contributed by atoms with Crippen LogP contribution in [0.1, 0.15) is 46.5 Å². The van der Waals surface area contributed by atoms with E-state index in [2.05, 4.69) is 14.9 Å². The summed E-state index contributed by atoms with van der Waals surface area (Å²) in [5, 5.41) is 2.76. The second-order valence-corrected chi connectivity index (χ2v) is 8.87. The molecule has 29 heavy (non-hydrogen) atoms. The average molecular weight is 419 g/mol. The maximum Gasteiger partial charge on any atom is 0.416 e. The van der Waals surface area contributed by atoms with Gasteiger partial charge in [-0.15, -0.1) is 0 Å². The number of halogens is 3. The van der Waals surface area contributed by atoms with E-state index in [4.69, 9.17) is 0 Å². The molecule has 2 aromatic carbocycles. The molecule has 3 aromatic rings. The summed E-state index contributed by atoms with van der Waals surface area (Å²) in [5.74, 6) is 0.0456. The van der Waals surface area contributed by atoms with Gasteiger partial charge in [0, 0.05) is 5.56 Å². The van der Waals surface area contributed by atoms with E-state index in [1.54, 1.807) is 0 Å². The fourth-order valence-electron chi connectivity index (χ4n) is 3.68. The molecule has 4 nitrogen and oxygen atoms in total. The predicted octanol–water partition coefficient (Wildman–Crippen LogP) is 5.98. The van der Waals surface area contributed by atoms with Crippen molar-refractivity contribution in [3.63, 3.8) is 0 Å². The lowest BCUT2D eigenvalue weighted by molar-refractivity contribution is -0.137. The van der Waals surface area contributed by atoms with E-state index in [1.165, 1.54) is 18.6 Å². The quantitative estimate of drug-likeness (QED) is 0.531. The third-order valence-electron chi connectivity index (χ3n) is 5.12. The third kappa shape index (κ3) is 4.15. The van der Waals surface area contributed by atoms with Gasteiger partial charge in [-0.05, 0) is 61.8 Å². The highest BCUT2D eigenvalue weighted by atomic mass is 31.1. The Balaban J connectivity index is 1.71. The lowest BCUT2D eigenvalue weighted by Gasteiger charge is -2.25. The second-order valence-electron chi connectivity index (χ2n) is 7.30. The Morgan fingerprint density at radius 1 is 1.21 bits per heavy atom. The molecule has 2 unspecified atom stereocenters. The van der Waals surface area contributed by atoms with Crippen molar-refractivity contribution in [2.45, 2.75) is 38.1 Å². The molecule has 2 atom stereocenters. The Labute approximate surface area is 168 Å². The van der Waals surface area contributed by atoms with Crippen molar-refractivity contribution in [2.24, 2.45) is 0 Å². The maximum atomic E-state index is 13.0. The van der Waals surface area contributed by atoms with E-state index in [0.29, 0.717) is 5.95 Å². The van der Waals surface area contributed by atoms with Gasteiger partial charge in [0.15, 0.2) is 0 Å². The molecule has 0 saturated carbocycles. The average Bonchev–Trinajstić information content (AvgIpc) is 3.04. The number of imidazole rings is 1. The number of anilines is 1. The Morgan fingerprint density at radius 2 is 2.03 bits per heavy atom. The molecule has 2 heterocycles. The normalized spacial score (nSPS) is 18.3. The van der Waals surface area contributed by atoms with Gasteiger partial charge in [-0.1, -0.05) is 27.1 Å². The number of aryl methyl sites for hydroxylation is 1. The summed E-state index contributed by atoms with van der Waals surface area (Å²) in [4.78, 5) is 17.3. The molecule has 8 heteroatoms. The molecule has 1 saturated heterocycles. The minimum absolute atomic E-state index is 0.0410. The molecule has 1 N–H and O–H groups in total. The molecule has 1 aliphatic rings. The molecular formula is C21H21F3N3OP. The molecule has 1 fully saturated rings. The van der Waals surface area contributed by atoms with Crippen LogP contribution in [0, 0.1) is 6.92 Å². The second kappa shape index (κ2) is 7.79. The number of carbonyl (C=O) groups excluding carboxylic acids is 1. The van der Waals surface area contributed by atoms with E-state index in [1.807, 2.05) is 25.1 Å². The first-order chi connectivity index (χ1) is 13.8. The number of alkyl halides is 3. The largest absolute Gasteiger partial charge is 0.416 e. The molecule has 1 amide bonds. The standard InChI is InChI=1S/C21H21F3N3OP/c1-13-8-9-17-16(11-13)25-20(27(17)18-7-2-3-10-29-18)26-19(28)14-5-4-6-15(12-14)21(22,23)24/h4-6,8-9,11-12,18,29H,2-3,7,10H2,1H3,(H,25,26,28). The number of amides is 1. The van der Waals surface area contributed by atoms with Crippen molar-refractivity contribution in [2.75, 3.05) is 11.5 Å². The Kier molecular flexibility index (Phi) is 5.34. The van der Waals surface area contributed by atoms with Crippen molar-refractivity contribution in [3.05, 3.63) is 59.2 Å². The molecule has 0 bridgehead atoms. The van der Waals surface area contributed by atoms with Crippen molar-refractivity contribution in [1.29, 1.82) is 0 Å². The monoisotopic (exact) mass is 419 g/mol. The van der Waals surface area contributed by atoms with Crippen LogP contribution in [0.4, 0.5) is 19.1 Å². The van der Waals surface area contributed by atoms with Crippen LogP contribution >= 0.6 is 8.58 Å². The SMILES string of the molecule is Cc1ccc2c(c1)nc(NC(=O)c1cccc(C(F)(F)F)c1)n2C1CCCCP1. The van der Waals surface area contributed by atoms with Gasteiger partial charge >= 0.3 is 6.18 Å². The number of nitrogens with one attached hydrogen (secondary N) is 1. The summed E-state index contributed by atoms with van der Waals surface area (Å²) < 4.78 is 41.0. The summed E-state index contributed by atoms with van der Waals surface area (Å²) in [6, 6.07) is 10.4. The Bertz CT molecular complexity index is 1050. The zero-order valence-electron chi connectivity index (χ0n) is 15.9. The summed E-state index contributed by atoms with van der Waals surface area (Å²) >= 11 is 0.